The van der Waals surface area contributed by atoms with Crippen LogP contribution in [-0.2, 0) is 4.79 Å². The number of hydrogen-bond donors (Lipinski definition) is 3. The first-order valence-electron chi connectivity index (χ1n) is 7.15. The summed E-state index contributed by atoms with van der Waals surface area (Å²) in [7, 11) is 0. The quantitative estimate of drug-likeness (QED) is 0.679. The van der Waals surface area contributed by atoms with E-state index in [1.165, 1.54) is 0 Å². The van der Waals surface area contributed by atoms with Gasteiger partial charge in [-0.25, -0.2) is 4.79 Å². The Hall–Kier alpha value is -1.30. The molecular weight excluding hydrogens is 244 g/mol. The van der Waals surface area contributed by atoms with E-state index in [9.17, 15) is 9.59 Å². The van der Waals surface area contributed by atoms with E-state index in [2.05, 4.69) is 10.2 Å². The summed E-state index contributed by atoms with van der Waals surface area (Å²) < 4.78 is 0. The second kappa shape index (κ2) is 6.23. The molecule has 5 N–H and O–H groups in total. The van der Waals surface area contributed by atoms with Gasteiger partial charge in [0.2, 0.25) is 5.91 Å². The van der Waals surface area contributed by atoms with Gasteiger partial charge in [0.1, 0.15) is 0 Å². The van der Waals surface area contributed by atoms with E-state index in [-0.39, 0.29) is 17.9 Å². The lowest BCUT2D eigenvalue weighted by atomic mass is 9.87. The summed E-state index contributed by atoms with van der Waals surface area (Å²) >= 11 is 0. The molecule has 19 heavy (non-hydrogen) atoms. The van der Waals surface area contributed by atoms with E-state index in [0.717, 1.165) is 51.6 Å². The summed E-state index contributed by atoms with van der Waals surface area (Å²) in [5, 5.41) is 2.82. The lowest BCUT2D eigenvalue weighted by Gasteiger charge is -2.40. The maximum atomic E-state index is 11.2. The van der Waals surface area contributed by atoms with Crippen molar-refractivity contribution in [2.75, 3.05) is 13.1 Å². The number of nitrogens with zero attached hydrogens (tertiary/aromatic N) is 1. The molecule has 0 aromatic carbocycles. The highest BCUT2D eigenvalue weighted by Gasteiger charge is 2.31. The van der Waals surface area contributed by atoms with E-state index in [0.29, 0.717) is 6.04 Å². The van der Waals surface area contributed by atoms with Crippen LogP contribution in [0.1, 0.15) is 38.5 Å². The Bertz CT molecular complexity index is 340. The number of nitrogens with two attached hydrogens (primary N) is 2. The van der Waals surface area contributed by atoms with Crippen LogP contribution in [0.2, 0.25) is 0 Å². The van der Waals surface area contributed by atoms with Crippen molar-refractivity contribution in [3.05, 3.63) is 0 Å². The molecule has 2 rings (SSSR count). The molecule has 2 fully saturated rings. The molecule has 6 heteroatoms. The number of carbonyl (C=O) groups is 2. The Morgan fingerprint density at radius 2 is 1.74 bits per heavy atom. The maximum Gasteiger partial charge on any atom is 0.312 e. The Morgan fingerprint density at radius 1 is 1.05 bits per heavy atom. The zero-order valence-corrected chi connectivity index (χ0v) is 11.3. The van der Waals surface area contributed by atoms with Gasteiger partial charge in [-0.1, -0.05) is 0 Å². The van der Waals surface area contributed by atoms with Crippen LogP contribution in [0, 0.1) is 5.92 Å². The molecule has 108 valence electrons. The summed E-state index contributed by atoms with van der Waals surface area (Å²) in [5.74, 6) is -0.129. The van der Waals surface area contributed by atoms with Crippen LogP contribution < -0.4 is 16.8 Å². The van der Waals surface area contributed by atoms with Gasteiger partial charge < -0.3 is 21.7 Å². The highest BCUT2D eigenvalue weighted by atomic mass is 16.2. The van der Waals surface area contributed by atoms with Crippen LogP contribution in [0.15, 0.2) is 0 Å². The summed E-state index contributed by atoms with van der Waals surface area (Å²) in [6, 6.07) is 0.266. The predicted octanol–water partition coefficient (Wildman–Crippen LogP) is 0.163. The van der Waals surface area contributed by atoms with Crippen LogP contribution in [0.4, 0.5) is 4.79 Å². The van der Waals surface area contributed by atoms with Gasteiger partial charge in [0.05, 0.1) is 0 Å². The van der Waals surface area contributed by atoms with Crippen LogP contribution in [0.25, 0.3) is 0 Å². The van der Waals surface area contributed by atoms with Gasteiger partial charge in [0, 0.05) is 18.0 Å². The van der Waals surface area contributed by atoms with Crippen molar-refractivity contribution >= 4 is 11.9 Å². The van der Waals surface area contributed by atoms with Gasteiger partial charge >= 0.3 is 6.03 Å². The first-order chi connectivity index (χ1) is 9.06. The third-order valence-electron chi connectivity index (χ3n) is 4.44. The number of likely N-dealkylation sites (tertiary alicyclic amines) is 1. The van der Waals surface area contributed by atoms with Crippen molar-refractivity contribution in [3.8, 4) is 0 Å². The molecule has 1 saturated heterocycles. The molecule has 2 aliphatic rings. The third-order valence-corrected chi connectivity index (χ3v) is 4.44. The Balaban J connectivity index is 1.82. The van der Waals surface area contributed by atoms with E-state index < -0.39 is 6.03 Å². The van der Waals surface area contributed by atoms with Gasteiger partial charge in [-0.2, -0.15) is 0 Å². The van der Waals surface area contributed by atoms with Crippen molar-refractivity contribution in [1.82, 2.24) is 10.2 Å². The number of piperidine rings is 1. The lowest BCUT2D eigenvalue weighted by Crippen LogP contribution is -2.50. The summed E-state index contributed by atoms with van der Waals surface area (Å²) in [6.45, 7) is 1.86. The van der Waals surface area contributed by atoms with Crippen LogP contribution >= 0.6 is 0 Å². The zero-order valence-electron chi connectivity index (χ0n) is 11.3. The molecule has 1 aliphatic heterocycles. The predicted molar refractivity (Wildman–Crippen MR) is 72.3 cm³/mol. The van der Waals surface area contributed by atoms with E-state index >= 15 is 0 Å². The molecule has 2 atom stereocenters. The molecule has 6 nitrogen and oxygen atoms in total. The van der Waals surface area contributed by atoms with Crippen molar-refractivity contribution in [2.24, 2.45) is 17.4 Å². The minimum absolute atomic E-state index is 0.0411. The molecule has 1 aliphatic carbocycles. The molecule has 0 spiro atoms. The number of amides is 3. The zero-order chi connectivity index (χ0) is 13.8. The average Bonchev–Trinajstić information content (AvgIpc) is 2.38. The van der Waals surface area contributed by atoms with E-state index in [1.54, 1.807) is 0 Å². The van der Waals surface area contributed by atoms with Crippen molar-refractivity contribution in [3.63, 3.8) is 0 Å². The normalized spacial score (nSPS) is 29.9. The average molecular weight is 268 g/mol. The monoisotopic (exact) mass is 268 g/mol. The number of hydrogen-bond acceptors (Lipinski definition) is 3. The van der Waals surface area contributed by atoms with Crippen molar-refractivity contribution < 1.29 is 9.59 Å². The fourth-order valence-corrected chi connectivity index (χ4v) is 3.38. The van der Waals surface area contributed by atoms with Crippen LogP contribution in [0.3, 0.4) is 0 Å². The molecule has 1 heterocycles. The number of carbonyl (C=O) groups excluding carboxylic acids is 2. The fraction of sp³-hybridized carbons (Fsp3) is 0.846. The smallest absolute Gasteiger partial charge is 0.312 e. The van der Waals surface area contributed by atoms with Gasteiger partial charge in [0.15, 0.2) is 0 Å². The highest BCUT2D eigenvalue weighted by Crippen LogP contribution is 2.27. The molecule has 0 aromatic heterocycles. The van der Waals surface area contributed by atoms with Gasteiger partial charge in [0.25, 0.3) is 0 Å². The minimum atomic E-state index is -0.432. The van der Waals surface area contributed by atoms with Crippen molar-refractivity contribution in [2.45, 2.75) is 50.6 Å². The number of primary amides is 2. The topological polar surface area (TPSA) is 101 Å². The molecule has 0 bridgehead atoms. The Labute approximate surface area is 113 Å². The molecular formula is C13H24N4O2. The van der Waals surface area contributed by atoms with Crippen LogP contribution in [0.5, 0.6) is 0 Å². The standard InChI is InChI=1S/C13H24N4O2/c14-12(18)9-4-6-17(7-5-9)11-3-1-2-10(8-11)16-13(15)19/h9-11H,1-8H2,(H2,14,18)(H3,15,16,19). The van der Waals surface area contributed by atoms with Crippen LogP contribution in [-0.4, -0.2) is 42.0 Å². The second-order valence-corrected chi connectivity index (χ2v) is 5.74. The minimum Gasteiger partial charge on any atom is -0.369 e. The SMILES string of the molecule is NC(=O)NC1CCCC(N2CCC(C(N)=O)CC2)C1. The lowest BCUT2D eigenvalue weighted by molar-refractivity contribution is -0.123. The number of urea groups is 1. The number of rotatable bonds is 3. The summed E-state index contributed by atoms with van der Waals surface area (Å²) in [4.78, 5) is 24.5. The van der Waals surface area contributed by atoms with E-state index in [4.69, 9.17) is 11.5 Å². The van der Waals surface area contributed by atoms with Gasteiger partial charge in [-0.3, -0.25) is 4.79 Å². The fourth-order valence-electron chi connectivity index (χ4n) is 3.38. The molecule has 0 aromatic rings. The molecule has 1 saturated carbocycles. The van der Waals surface area contributed by atoms with E-state index in [1.807, 2.05) is 0 Å². The Kier molecular flexibility index (Phi) is 4.63. The largest absolute Gasteiger partial charge is 0.369 e. The van der Waals surface area contributed by atoms with Gasteiger partial charge in [-0.15, -0.1) is 0 Å². The van der Waals surface area contributed by atoms with Crippen molar-refractivity contribution in [1.29, 1.82) is 0 Å². The summed E-state index contributed by atoms with van der Waals surface area (Å²) in [5.41, 5.74) is 10.5. The molecule has 2 unspecified atom stereocenters. The molecule has 3 amide bonds. The first-order valence-corrected chi connectivity index (χ1v) is 7.15. The third kappa shape index (κ3) is 3.83. The van der Waals surface area contributed by atoms with Gasteiger partial charge in [-0.05, 0) is 51.6 Å². The summed E-state index contributed by atoms with van der Waals surface area (Å²) in [6.07, 6.45) is 5.98. The Morgan fingerprint density at radius 3 is 2.32 bits per heavy atom. The number of nitrogens with one attached hydrogen (secondary N) is 1. The highest BCUT2D eigenvalue weighted by molar-refractivity contribution is 5.76. The maximum absolute atomic E-state index is 11.2. The first kappa shape index (κ1) is 14.1. The molecule has 0 radical (unpaired) electrons. The second-order valence-electron chi connectivity index (χ2n) is 5.74.